The number of rotatable bonds is 4. The van der Waals surface area contributed by atoms with Crippen molar-refractivity contribution in [1.82, 2.24) is 20.1 Å². The molecule has 20 heavy (non-hydrogen) atoms. The first-order chi connectivity index (χ1) is 9.56. The minimum absolute atomic E-state index is 0.0559. The first kappa shape index (κ1) is 15.3. The van der Waals surface area contributed by atoms with Crippen LogP contribution < -0.4 is 5.32 Å². The van der Waals surface area contributed by atoms with E-state index in [2.05, 4.69) is 34.4 Å². The molecule has 1 aliphatic rings. The number of aromatic nitrogens is 1. The van der Waals surface area contributed by atoms with Gasteiger partial charge in [-0.2, -0.15) is 0 Å². The molecule has 0 radical (unpaired) electrons. The summed E-state index contributed by atoms with van der Waals surface area (Å²) in [6.45, 7) is 10.6. The molecule has 0 bridgehead atoms. The molecule has 2 rings (SSSR count). The Morgan fingerprint density at radius 2 is 2.10 bits per heavy atom. The average molecular weight is 296 g/mol. The van der Waals surface area contributed by atoms with E-state index in [1.807, 2.05) is 11.8 Å². The second-order valence-corrected chi connectivity index (χ2v) is 6.52. The molecule has 2 amide bonds. The fourth-order valence-electron chi connectivity index (χ4n) is 2.37. The second kappa shape index (κ2) is 7.04. The summed E-state index contributed by atoms with van der Waals surface area (Å²) >= 11 is 1.65. The fourth-order valence-corrected chi connectivity index (χ4v) is 3.02. The number of carbonyl (C=O) groups is 1. The number of aryl methyl sites for hydroxylation is 1. The minimum atomic E-state index is 0.0559. The normalized spacial score (nSPS) is 16.7. The SMILES string of the molecule is Cc1nc(CCNC(=O)N2CCN(C(C)C)CC2)cs1. The number of urea groups is 1. The predicted octanol–water partition coefficient (Wildman–Crippen LogP) is 1.73. The number of piperazine rings is 1. The van der Waals surface area contributed by atoms with E-state index in [0.29, 0.717) is 12.6 Å². The molecular weight excluding hydrogens is 272 g/mol. The molecule has 1 N–H and O–H groups in total. The zero-order valence-corrected chi connectivity index (χ0v) is 13.4. The highest BCUT2D eigenvalue weighted by molar-refractivity contribution is 7.09. The fraction of sp³-hybridized carbons (Fsp3) is 0.714. The van der Waals surface area contributed by atoms with E-state index in [-0.39, 0.29) is 6.03 Å². The highest BCUT2D eigenvalue weighted by Gasteiger charge is 2.21. The zero-order valence-electron chi connectivity index (χ0n) is 12.6. The number of carbonyl (C=O) groups excluding carboxylic acids is 1. The van der Waals surface area contributed by atoms with Gasteiger partial charge in [-0.05, 0) is 20.8 Å². The van der Waals surface area contributed by atoms with Gasteiger partial charge in [0.25, 0.3) is 0 Å². The van der Waals surface area contributed by atoms with E-state index in [9.17, 15) is 4.79 Å². The molecule has 1 aromatic heterocycles. The van der Waals surface area contributed by atoms with Crippen LogP contribution in [0, 0.1) is 6.92 Å². The summed E-state index contributed by atoms with van der Waals surface area (Å²) < 4.78 is 0. The van der Waals surface area contributed by atoms with E-state index in [0.717, 1.165) is 43.3 Å². The molecule has 0 unspecified atom stereocenters. The third-order valence-corrected chi connectivity index (χ3v) is 4.48. The molecule has 6 heteroatoms. The molecule has 1 fully saturated rings. The molecule has 1 aliphatic heterocycles. The lowest BCUT2D eigenvalue weighted by atomic mass is 10.2. The summed E-state index contributed by atoms with van der Waals surface area (Å²) in [6.07, 6.45) is 0.808. The van der Waals surface area contributed by atoms with E-state index >= 15 is 0 Å². The zero-order chi connectivity index (χ0) is 14.5. The van der Waals surface area contributed by atoms with Gasteiger partial charge in [0.1, 0.15) is 0 Å². The molecule has 0 aliphatic carbocycles. The monoisotopic (exact) mass is 296 g/mol. The summed E-state index contributed by atoms with van der Waals surface area (Å²) in [6, 6.07) is 0.619. The van der Waals surface area contributed by atoms with Crippen LogP contribution in [0.5, 0.6) is 0 Å². The summed E-state index contributed by atoms with van der Waals surface area (Å²) in [7, 11) is 0. The predicted molar refractivity (Wildman–Crippen MR) is 82.2 cm³/mol. The van der Waals surface area contributed by atoms with Gasteiger partial charge in [0.05, 0.1) is 10.7 Å². The van der Waals surface area contributed by atoms with Crippen LogP contribution in [0.3, 0.4) is 0 Å². The maximum Gasteiger partial charge on any atom is 0.317 e. The lowest BCUT2D eigenvalue weighted by molar-refractivity contribution is 0.119. The van der Waals surface area contributed by atoms with Crippen molar-refractivity contribution in [3.05, 3.63) is 16.1 Å². The van der Waals surface area contributed by atoms with Crippen LogP contribution in [0.15, 0.2) is 5.38 Å². The Bertz CT molecular complexity index is 438. The van der Waals surface area contributed by atoms with Crippen molar-refractivity contribution in [2.24, 2.45) is 0 Å². The van der Waals surface area contributed by atoms with Gasteiger partial charge in [-0.15, -0.1) is 11.3 Å². The van der Waals surface area contributed by atoms with Crippen molar-refractivity contribution >= 4 is 17.4 Å². The first-order valence-corrected chi connectivity index (χ1v) is 8.12. The van der Waals surface area contributed by atoms with Crippen LogP contribution in [0.1, 0.15) is 24.5 Å². The summed E-state index contributed by atoms with van der Waals surface area (Å²) in [5.41, 5.74) is 1.07. The lowest BCUT2D eigenvalue weighted by Gasteiger charge is -2.36. The molecule has 2 heterocycles. The summed E-state index contributed by atoms with van der Waals surface area (Å²) in [5, 5.41) is 6.13. The van der Waals surface area contributed by atoms with Crippen LogP contribution in [-0.4, -0.2) is 59.6 Å². The molecule has 5 nitrogen and oxygen atoms in total. The van der Waals surface area contributed by atoms with Gasteiger partial charge in [-0.3, -0.25) is 4.90 Å². The van der Waals surface area contributed by atoms with E-state index < -0.39 is 0 Å². The molecule has 0 aromatic carbocycles. The van der Waals surface area contributed by atoms with Gasteiger partial charge in [-0.1, -0.05) is 0 Å². The number of thiazole rings is 1. The van der Waals surface area contributed by atoms with Crippen LogP contribution in [-0.2, 0) is 6.42 Å². The van der Waals surface area contributed by atoms with Gasteiger partial charge in [-0.25, -0.2) is 9.78 Å². The summed E-state index contributed by atoms with van der Waals surface area (Å²) in [4.78, 5) is 20.8. The molecule has 1 aromatic rings. The van der Waals surface area contributed by atoms with Gasteiger partial charge in [0.2, 0.25) is 0 Å². The smallest absolute Gasteiger partial charge is 0.317 e. The molecule has 0 atom stereocenters. The molecule has 1 saturated heterocycles. The Kier molecular flexibility index (Phi) is 5.37. The van der Waals surface area contributed by atoms with Gasteiger partial charge >= 0.3 is 6.03 Å². The van der Waals surface area contributed by atoms with Crippen LogP contribution in [0.2, 0.25) is 0 Å². The molecule has 112 valence electrons. The number of hydrogen-bond acceptors (Lipinski definition) is 4. The summed E-state index contributed by atoms with van der Waals surface area (Å²) in [5.74, 6) is 0. The highest BCUT2D eigenvalue weighted by atomic mass is 32.1. The van der Waals surface area contributed by atoms with Crippen molar-refractivity contribution in [3.63, 3.8) is 0 Å². The Morgan fingerprint density at radius 1 is 1.40 bits per heavy atom. The quantitative estimate of drug-likeness (QED) is 0.920. The Hall–Kier alpha value is -1.14. The molecule has 0 spiro atoms. The van der Waals surface area contributed by atoms with Crippen molar-refractivity contribution in [3.8, 4) is 0 Å². The average Bonchev–Trinajstić information content (AvgIpc) is 2.84. The largest absolute Gasteiger partial charge is 0.338 e. The van der Waals surface area contributed by atoms with Crippen LogP contribution >= 0.6 is 11.3 Å². The highest BCUT2D eigenvalue weighted by Crippen LogP contribution is 2.08. The third-order valence-electron chi connectivity index (χ3n) is 3.66. The Labute approximate surface area is 125 Å². The molecule has 0 saturated carbocycles. The second-order valence-electron chi connectivity index (χ2n) is 5.46. The number of nitrogens with zero attached hydrogens (tertiary/aromatic N) is 3. The Morgan fingerprint density at radius 3 is 2.65 bits per heavy atom. The lowest BCUT2D eigenvalue weighted by Crippen LogP contribution is -2.53. The topological polar surface area (TPSA) is 48.5 Å². The maximum absolute atomic E-state index is 12.0. The van der Waals surface area contributed by atoms with Gasteiger partial charge in [0.15, 0.2) is 0 Å². The number of nitrogens with one attached hydrogen (secondary N) is 1. The molecular formula is C14H24N4OS. The van der Waals surface area contributed by atoms with Crippen molar-refractivity contribution in [2.45, 2.75) is 33.2 Å². The van der Waals surface area contributed by atoms with Gasteiger partial charge in [0, 0.05) is 50.6 Å². The Balaban J connectivity index is 1.68. The maximum atomic E-state index is 12.0. The van der Waals surface area contributed by atoms with Crippen molar-refractivity contribution in [1.29, 1.82) is 0 Å². The van der Waals surface area contributed by atoms with Gasteiger partial charge < -0.3 is 10.2 Å². The van der Waals surface area contributed by atoms with Crippen molar-refractivity contribution in [2.75, 3.05) is 32.7 Å². The number of hydrogen-bond donors (Lipinski definition) is 1. The standard InChI is InChI=1S/C14H24N4OS/c1-11(2)17-6-8-18(9-7-17)14(19)15-5-4-13-10-20-12(3)16-13/h10-11H,4-9H2,1-3H3,(H,15,19). The third kappa shape index (κ3) is 4.18. The number of amides is 2. The van der Waals surface area contributed by atoms with E-state index in [4.69, 9.17) is 0 Å². The van der Waals surface area contributed by atoms with Crippen LogP contribution in [0.25, 0.3) is 0 Å². The minimum Gasteiger partial charge on any atom is -0.338 e. The van der Waals surface area contributed by atoms with Crippen LogP contribution in [0.4, 0.5) is 4.79 Å². The van der Waals surface area contributed by atoms with E-state index in [1.54, 1.807) is 11.3 Å². The first-order valence-electron chi connectivity index (χ1n) is 7.24. The van der Waals surface area contributed by atoms with Crippen molar-refractivity contribution < 1.29 is 4.79 Å². The van der Waals surface area contributed by atoms with E-state index in [1.165, 1.54) is 0 Å².